The number of nitrogens with one attached hydrogen (secondary N) is 1. The van der Waals surface area contributed by atoms with Crippen LogP contribution in [0.5, 0.6) is 0 Å². The van der Waals surface area contributed by atoms with Gasteiger partial charge in [-0.05, 0) is 37.0 Å². The van der Waals surface area contributed by atoms with Crippen molar-refractivity contribution in [3.05, 3.63) is 59.8 Å². The van der Waals surface area contributed by atoms with Gasteiger partial charge >= 0.3 is 0 Å². The van der Waals surface area contributed by atoms with Crippen LogP contribution in [0.4, 0.5) is 5.82 Å². The van der Waals surface area contributed by atoms with Gasteiger partial charge in [-0.2, -0.15) is 0 Å². The molecular weight excluding hydrogens is 402 g/mol. The summed E-state index contributed by atoms with van der Waals surface area (Å²) < 4.78 is 25.3. The molecule has 8 heteroatoms. The van der Waals surface area contributed by atoms with Crippen molar-refractivity contribution in [2.45, 2.75) is 43.7 Å². The van der Waals surface area contributed by atoms with Crippen LogP contribution in [0.15, 0.2) is 48.5 Å². The second-order valence-electron chi connectivity index (χ2n) is 8.28. The molecule has 1 aromatic heterocycles. The maximum atomic E-state index is 13.3. The van der Waals surface area contributed by atoms with Crippen LogP contribution in [-0.4, -0.2) is 48.2 Å². The van der Waals surface area contributed by atoms with Gasteiger partial charge in [0, 0.05) is 18.5 Å². The highest BCUT2D eigenvalue weighted by molar-refractivity contribution is 7.92. The number of carbonyl (C=O) groups excluding carboxylic acids is 1. The number of aliphatic hydroxyl groups is 1. The van der Waals surface area contributed by atoms with Gasteiger partial charge in [0.2, 0.25) is 10.0 Å². The van der Waals surface area contributed by atoms with Gasteiger partial charge in [-0.1, -0.05) is 49.2 Å². The molecule has 160 valence electrons. The summed E-state index contributed by atoms with van der Waals surface area (Å²) in [7, 11) is -3.48. The molecule has 3 atom stereocenters. The molecule has 1 amide bonds. The number of hydrogen-bond acceptors (Lipinski definition) is 5. The Morgan fingerprint density at radius 1 is 1.13 bits per heavy atom. The molecule has 0 radical (unpaired) electrons. The fourth-order valence-corrected chi connectivity index (χ4v) is 5.46. The van der Waals surface area contributed by atoms with Crippen molar-refractivity contribution >= 4 is 21.7 Å². The predicted octanol–water partition coefficient (Wildman–Crippen LogP) is 2.75. The summed E-state index contributed by atoms with van der Waals surface area (Å²) in [6, 6.07) is 14.4. The second kappa shape index (κ2) is 8.00. The molecule has 2 fully saturated rings. The average molecular weight is 430 g/mol. The van der Waals surface area contributed by atoms with Crippen molar-refractivity contribution < 1.29 is 18.3 Å². The number of benzene rings is 1. The van der Waals surface area contributed by atoms with Crippen LogP contribution in [0.3, 0.4) is 0 Å². The topological polar surface area (TPSA) is 99.6 Å². The highest BCUT2D eigenvalue weighted by atomic mass is 32.2. The summed E-state index contributed by atoms with van der Waals surface area (Å²) in [6.45, 7) is 0.427. The van der Waals surface area contributed by atoms with Gasteiger partial charge in [-0.25, -0.2) is 13.4 Å². The molecular formula is C22H27N3O4S. The first-order valence-electron chi connectivity index (χ1n) is 10.3. The van der Waals surface area contributed by atoms with Gasteiger partial charge in [0.1, 0.15) is 11.5 Å². The SMILES string of the molecule is CS(=O)(=O)Nc1cccc(C(=O)N2CC[C@](O)(c3ccccc3)[C@H]3CCCC[C@H]32)n1. The van der Waals surface area contributed by atoms with E-state index in [1.165, 1.54) is 6.07 Å². The third kappa shape index (κ3) is 4.06. The number of piperidine rings is 1. The van der Waals surface area contributed by atoms with E-state index in [4.69, 9.17) is 0 Å². The molecule has 0 bridgehead atoms. The van der Waals surface area contributed by atoms with Gasteiger partial charge in [0.25, 0.3) is 5.91 Å². The van der Waals surface area contributed by atoms with Crippen molar-refractivity contribution in [2.24, 2.45) is 5.92 Å². The Morgan fingerprint density at radius 2 is 1.87 bits per heavy atom. The molecule has 4 rings (SSSR count). The maximum Gasteiger partial charge on any atom is 0.272 e. The smallest absolute Gasteiger partial charge is 0.272 e. The molecule has 7 nitrogen and oxygen atoms in total. The van der Waals surface area contributed by atoms with E-state index in [1.807, 2.05) is 35.2 Å². The lowest BCUT2D eigenvalue weighted by Crippen LogP contribution is -2.59. The number of sulfonamides is 1. The summed E-state index contributed by atoms with van der Waals surface area (Å²) in [5.41, 5.74) is 0.167. The van der Waals surface area contributed by atoms with Crippen LogP contribution < -0.4 is 4.72 Å². The standard InChI is InChI=1S/C22H27N3O4S/c1-30(28,29)24-20-13-7-11-18(23-20)21(26)25-15-14-22(27,16-8-3-2-4-9-16)17-10-5-6-12-19(17)25/h2-4,7-9,11,13,17,19,27H,5-6,10,12,14-15H2,1H3,(H,23,24)/t17-,19+,22-/m0/s1. The minimum absolute atomic E-state index is 0.0383. The molecule has 1 aliphatic carbocycles. The Morgan fingerprint density at radius 3 is 2.60 bits per heavy atom. The number of fused-ring (bicyclic) bond motifs is 1. The highest BCUT2D eigenvalue weighted by Gasteiger charge is 2.50. The second-order valence-corrected chi connectivity index (χ2v) is 10.0. The lowest BCUT2D eigenvalue weighted by molar-refractivity contribution is -0.110. The number of carbonyl (C=O) groups is 1. The number of pyridine rings is 1. The molecule has 0 spiro atoms. The Bertz CT molecular complexity index is 1030. The molecule has 1 saturated carbocycles. The van der Waals surface area contributed by atoms with Gasteiger partial charge in [0.05, 0.1) is 11.9 Å². The Labute approximate surface area is 177 Å². The number of amides is 1. The van der Waals surface area contributed by atoms with Gasteiger partial charge < -0.3 is 10.0 Å². The van der Waals surface area contributed by atoms with E-state index in [0.29, 0.717) is 13.0 Å². The summed E-state index contributed by atoms with van der Waals surface area (Å²) in [4.78, 5) is 19.4. The fourth-order valence-electron chi connectivity index (χ4n) is 4.97. The first kappa shape index (κ1) is 20.8. The van der Waals surface area contributed by atoms with Gasteiger partial charge in [-0.3, -0.25) is 9.52 Å². The van der Waals surface area contributed by atoms with Crippen LogP contribution >= 0.6 is 0 Å². The van der Waals surface area contributed by atoms with Gasteiger partial charge in [-0.15, -0.1) is 0 Å². The van der Waals surface area contributed by atoms with Crippen LogP contribution in [0, 0.1) is 5.92 Å². The molecule has 2 N–H and O–H groups in total. The predicted molar refractivity (Wildman–Crippen MR) is 114 cm³/mol. The molecule has 0 unspecified atom stereocenters. The third-order valence-electron chi connectivity index (χ3n) is 6.27. The van der Waals surface area contributed by atoms with Crippen LogP contribution in [0.25, 0.3) is 0 Å². The van der Waals surface area contributed by atoms with E-state index in [0.717, 1.165) is 37.5 Å². The molecule has 2 heterocycles. The van der Waals surface area contributed by atoms with Crippen molar-refractivity contribution in [3.63, 3.8) is 0 Å². The number of nitrogens with zero attached hydrogens (tertiary/aromatic N) is 2. The van der Waals surface area contributed by atoms with Crippen LogP contribution in [0.2, 0.25) is 0 Å². The van der Waals surface area contributed by atoms with Crippen LogP contribution in [-0.2, 0) is 15.6 Å². The lowest BCUT2D eigenvalue weighted by Gasteiger charge is -2.52. The highest BCUT2D eigenvalue weighted by Crippen LogP contribution is 2.47. The number of likely N-dealkylation sites (tertiary alicyclic amines) is 1. The van der Waals surface area contributed by atoms with E-state index in [9.17, 15) is 18.3 Å². The van der Waals surface area contributed by atoms with Crippen molar-refractivity contribution in [1.82, 2.24) is 9.88 Å². The molecule has 30 heavy (non-hydrogen) atoms. The Balaban J connectivity index is 1.62. The Kier molecular flexibility index (Phi) is 5.55. The molecule has 1 aliphatic heterocycles. The maximum absolute atomic E-state index is 13.3. The summed E-state index contributed by atoms with van der Waals surface area (Å²) in [6.07, 6.45) is 5.26. The third-order valence-corrected chi connectivity index (χ3v) is 6.85. The van der Waals surface area contributed by atoms with E-state index >= 15 is 0 Å². The normalized spacial score (nSPS) is 26.7. The van der Waals surface area contributed by atoms with Gasteiger partial charge in [0.15, 0.2) is 0 Å². The number of aromatic nitrogens is 1. The molecule has 1 aromatic carbocycles. The number of hydrogen-bond donors (Lipinski definition) is 2. The average Bonchev–Trinajstić information content (AvgIpc) is 2.73. The molecule has 2 aromatic rings. The van der Waals surface area contributed by atoms with E-state index in [1.54, 1.807) is 12.1 Å². The molecule has 2 aliphatic rings. The first-order chi connectivity index (χ1) is 14.3. The van der Waals surface area contributed by atoms with E-state index < -0.39 is 15.6 Å². The largest absolute Gasteiger partial charge is 0.385 e. The van der Waals surface area contributed by atoms with Crippen molar-refractivity contribution in [2.75, 3.05) is 17.5 Å². The van der Waals surface area contributed by atoms with Crippen LogP contribution in [0.1, 0.15) is 48.2 Å². The summed E-state index contributed by atoms with van der Waals surface area (Å²) in [5, 5.41) is 11.6. The lowest BCUT2D eigenvalue weighted by atomic mass is 9.66. The fraction of sp³-hybridized carbons (Fsp3) is 0.455. The monoisotopic (exact) mass is 429 g/mol. The van der Waals surface area contributed by atoms with E-state index in [2.05, 4.69) is 9.71 Å². The zero-order valence-electron chi connectivity index (χ0n) is 17.0. The quantitative estimate of drug-likeness (QED) is 0.779. The Hall–Kier alpha value is -2.45. The number of anilines is 1. The summed E-state index contributed by atoms with van der Waals surface area (Å²) >= 11 is 0. The first-order valence-corrected chi connectivity index (χ1v) is 12.2. The van der Waals surface area contributed by atoms with E-state index in [-0.39, 0.29) is 29.4 Å². The summed E-state index contributed by atoms with van der Waals surface area (Å²) in [5.74, 6) is -0.135. The zero-order chi connectivity index (χ0) is 21.4. The molecule has 1 saturated heterocycles. The van der Waals surface area contributed by atoms with Crippen molar-refractivity contribution in [1.29, 1.82) is 0 Å². The minimum atomic E-state index is -3.48. The van der Waals surface area contributed by atoms with Crippen molar-refractivity contribution in [3.8, 4) is 0 Å². The number of rotatable bonds is 4. The zero-order valence-corrected chi connectivity index (χ0v) is 17.8. The minimum Gasteiger partial charge on any atom is -0.385 e.